The zero-order valence-corrected chi connectivity index (χ0v) is 14.6. The number of ketones is 1. The first-order chi connectivity index (χ1) is 12.6. The molecule has 0 bridgehead atoms. The van der Waals surface area contributed by atoms with Crippen LogP contribution in [0.5, 0.6) is 0 Å². The van der Waals surface area contributed by atoms with Crippen molar-refractivity contribution in [1.29, 1.82) is 0 Å². The fraction of sp³-hybridized carbons (Fsp3) is 0.333. The summed E-state index contributed by atoms with van der Waals surface area (Å²) in [6, 6.07) is 13.6. The van der Waals surface area contributed by atoms with E-state index >= 15 is 0 Å². The molecule has 0 saturated carbocycles. The van der Waals surface area contributed by atoms with Crippen molar-refractivity contribution < 1.29 is 14.0 Å². The van der Waals surface area contributed by atoms with Crippen molar-refractivity contribution in [2.24, 2.45) is 0 Å². The Hall–Kier alpha value is -2.53. The molecule has 1 aliphatic rings. The Kier molecular flexibility index (Phi) is 6.12. The third-order valence-electron chi connectivity index (χ3n) is 4.73. The molecule has 1 aliphatic heterocycles. The fourth-order valence-electron chi connectivity index (χ4n) is 3.29. The Morgan fingerprint density at radius 1 is 1.04 bits per heavy atom. The van der Waals surface area contributed by atoms with E-state index in [2.05, 4.69) is 10.6 Å². The molecule has 0 aliphatic carbocycles. The van der Waals surface area contributed by atoms with Gasteiger partial charge in [-0.2, -0.15) is 0 Å². The number of anilines is 1. The molecule has 136 valence electrons. The lowest BCUT2D eigenvalue weighted by molar-refractivity contribution is -0.116. The normalized spacial score (nSPS) is 14.8. The molecule has 0 unspecified atom stereocenters. The number of amides is 1. The van der Waals surface area contributed by atoms with Crippen molar-refractivity contribution in [1.82, 2.24) is 5.32 Å². The van der Waals surface area contributed by atoms with Crippen molar-refractivity contribution >= 4 is 17.4 Å². The summed E-state index contributed by atoms with van der Waals surface area (Å²) in [5.74, 6) is -0.352. The number of carbonyl (C=O) groups excluding carboxylic acids is 2. The van der Waals surface area contributed by atoms with Gasteiger partial charge in [0, 0.05) is 24.1 Å². The third kappa shape index (κ3) is 4.76. The van der Waals surface area contributed by atoms with Crippen LogP contribution in [-0.2, 0) is 4.79 Å². The van der Waals surface area contributed by atoms with Gasteiger partial charge in [-0.05, 0) is 55.6 Å². The fourth-order valence-corrected chi connectivity index (χ4v) is 3.29. The van der Waals surface area contributed by atoms with Gasteiger partial charge < -0.3 is 10.6 Å². The number of Topliss-reactive ketones (excluding diaryl/α,β-unsaturated/α-hetero) is 1. The topological polar surface area (TPSA) is 58.2 Å². The Morgan fingerprint density at radius 3 is 2.50 bits per heavy atom. The SMILES string of the molecule is O=C(CCC(=O)c1ccccc1)Nc1ccc(F)c(C2CCNCC2)c1. The van der Waals surface area contributed by atoms with Crippen LogP contribution in [0.4, 0.5) is 10.1 Å². The van der Waals surface area contributed by atoms with Crippen molar-refractivity contribution in [3.8, 4) is 0 Å². The van der Waals surface area contributed by atoms with E-state index in [1.807, 2.05) is 6.07 Å². The minimum absolute atomic E-state index is 0.0600. The molecule has 26 heavy (non-hydrogen) atoms. The maximum absolute atomic E-state index is 14.2. The van der Waals surface area contributed by atoms with E-state index < -0.39 is 0 Å². The van der Waals surface area contributed by atoms with Gasteiger partial charge in [0.25, 0.3) is 0 Å². The van der Waals surface area contributed by atoms with Gasteiger partial charge in [-0.25, -0.2) is 4.39 Å². The Morgan fingerprint density at radius 2 is 1.77 bits per heavy atom. The quantitative estimate of drug-likeness (QED) is 0.774. The molecule has 0 spiro atoms. The number of nitrogens with one attached hydrogen (secondary N) is 2. The van der Waals surface area contributed by atoms with Gasteiger partial charge >= 0.3 is 0 Å². The molecule has 2 aromatic rings. The predicted octanol–water partition coefficient (Wildman–Crippen LogP) is 3.89. The first-order valence-corrected chi connectivity index (χ1v) is 9.02. The molecule has 2 aromatic carbocycles. The molecule has 4 nitrogen and oxygen atoms in total. The van der Waals surface area contributed by atoms with Crippen molar-refractivity contribution in [2.75, 3.05) is 18.4 Å². The van der Waals surface area contributed by atoms with Gasteiger partial charge in [-0.1, -0.05) is 30.3 Å². The lowest BCUT2D eigenvalue weighted by Crippen LogP contribution is -2.27. The van der Waals surface area contributed by atoms with Crippen LogP contribution >= 0.6 is 0 Å². The van der Waals surface area contributed by atoms with Crippen molar-refractivity contribution in [2.45, 2.75) is 31.6 Å². The van der Waals surface area contributed by atoms with Crippen LogP contribution in [0.15, 0.2) is 48.5 Å². The molecule has 1 heterocycles. The average Bonchev–Trinajstić information content (AvgIpc) is 2.69. The zero-order chi connectivity index (χ0) is 18.4. The molecular weight excluding hydrogens is 331 g/mol. The summed E-state index contributed by atoms with van der Waals surface area (Å²) in [6.45, 7) is 1.75. The molecule has 1 fully saturated rings. The number of carbonyl (C=O) groups is 2. The molecule has 5 heteroatoms. The molecule has 0 atom stereocenters. The Balaban J connectivity index is 1.58. The van der Waals surface area contributed by atoms with Crippen LogP contribution < -0.4 is 10.6 Å². The Bertz CT molecular complexity index is 771. The predicted molar refractivity (Wildman–Crippen MR) is 99.9 cm³/mol. The van der Waals surface area contributed by atoms with E-state index in [0.717, 1.165) is 25.9 Å². The number of halogens is 1. The van der Waals surface area contributed by atoms with Gasteiger partial charge in [-0.15, -0.1) is 0 Å². The van der Waals surface area contributed by atoms with Crippen LogP contribution in [0.1, 0.15) is 47.5 Å². The second kappa shape index (κ2) is 8.72. The largest absolute Gasteiger partial charge is 0.326 e. The number of rotatable bonds is 6. The van der Waals surface area contributed by atoms with E-state index in [1.54, 1.807) is 36.4 Å². The lowest BCUT2D eigenvalue weighted by atomic mass is 9.89. The Labute approximate surface area is 152 Å². The van der Waals surface area contributed by atoms with Crippen LogP contribution in [0.25, 0.3) is 0 Å². The molecular formula is C21H23FN2O2. The van der Waals surface area contributed by atoms with Crippen molar-refractivity contribution in [3.05, 3.63) is 65.5 Å². The molecule has 1 amide bonds. The van der Waals surface area contributed by atoms with E-state index in [9.17, 15) is 14.0 Å². The number of piperidine rings is 1. The van der Waals surface area contributed by atoms with E-state index in [0.29, 0.717) is 16.8 Å². The zero-order valence-electron chi connectivity index (χ0n) is 14.6. The molecule has 1 saturated heterocycles. The first-order valence-electron chi connectivity index (χ1n) is 9.02. The number of hydrogen-bond donors (Lipinski definition) is 2. The van der Waals surface area contributed by atoms with E-state index in [4.69, 9.17) is 0 Å². The smallest absolute Gasteiger partial charge is 0.224 e. The van der Waals surface area contributed by atoms with Crippen LogP contribution in [0.3, 0.4) is 0 Å². The van der Waals surface area contributed by atoms with Crippen LogP contribution in [-0.4, -0.2) is 24.8 Å². The van der Waals surface area contributed by atoms with Gasteiger partial charge in [-0.3, -0.25) is 9.59 Å². The highest BCUT2D eigenvalue weighted by molar-refractivity contribution is 5.99. The molecule has 2 N–H and O–H groups in total. The van der Waals surface area contributed by atoms with Gasteiger partial charge in [0.2, 0.25) is 5.91 Å². The summed E-state index contributed by atoms with van der Waals surface area (Å²) < 4.78 is 14.2. The van der Waals surface area contributed by atoms with E-state index in [-0.39, 0.29) is 36.3 Å². The first kappa shape index (κ1) is 18.3. The van der Waals surface area contributed by atoms with Crippen molar-refractivity contribution in [3.63, 3.8) is 0 Å². The van der Waals surface area contributed by atoms with Gasteiger partial charge in [0.05, 0.1) is 0 Å². The summed E-state index contributed by atoms with van der Waals surface area (Å²) >= 11 is 0. The standard InChI is InChI=1S/C21H23FN2O2/c22-19-7-6-17(14-18(19)15-10-12-23-13-11-15)24-21(26)9-8-20(25)16-4-2-1-3-5-16/h1-7,14-15,23H,8-13H2,(H,24,26). The summed E-state index contributed by atoms with van der Waals surface area (Å²) in [5, 5.41) is 6.05. The van der Waals surface area contributed by atoms with E-state index in [1.165, 1.54) is 6.07 Å². The molecule has 3 rings (SSSR count). The maximum Gasteiger partial charge on any atom is 0.224 e. The number of benzene rings is 2. The van der Waals surface area contributed by atoms with Gasteiger partial charge in [0.1, 0.15) is 5.82 Å². The lowest BCUT2D eigenvalue weighted by Gasteiger charge is -2.23. The minimum Gasteiger partial charge on any atom is -0.326 e. The highest BCUT2D eigenvalue weighted by Crippen LogP contribution is 2.29. The summed E-state index contributed by atoms with van der Waals surface area (Å²) in [5.41, 5.74) is 1.84. The average molecular weight is 354 g/mol. The number of hydrogen-bond acceptors (Lipinski definition) is 3. The molecule has 0 radical (unpaired) electrons. The maximum atomic E-state index is 14.2. The molecule has 0 aromatic heterocycles. The highest BCUT2D eigenvalue weighted by atomic mass is 19.1. The second-order valence-electron chi connectivity index (χ2n) is 6.60. The third-order valence-corrected chi connectivity index (χ3v) is 4.73. The second-order valence-corrected chi connectivity index (χ2v) is 6.60. The minimum atomic E-state index is -0.239. The monoisotopic (exact) mass is 354 g/mol. The van der Waals surface area contributed by atoms with Crippen LogP contribution in [0.2, 0.25) is 0 Å². The van der Waals surface area contributed by atoms with Gasteiger partial charge in [0.15, 0.2) is 5.78 Å². The highest BCUT2D eigenvalue weighted by Gasteiger charge is 2.19. The van der Waals surface area contributed by atoms with Crippen LogP contribution in [0, 0.1) is 5.82 Å². The summed E-state index contributed by atoms with van der Waals surface area (Å²) in [7, 11) is 0. The summed E-state index contributed by atoms with van der Waals surface area (Å²) in [4.78, 5) is 24.2. The summed E-state index contributed by atoms with van der Waals surface area (Å²) in [6.07, 6.45) is 2.03.